The van der Waals surface area contributed by atoms with Crippen molar-refractivity contribution in [3.63, 3.8) is 0 Å². The molecule has 1 saturated carbocycles. The summed E-state index contributed by atoms with van der Waals surface area (Å²) in [4.78, 5) is 14.1. The van der Waals surface area contributed by atoms with Crippen LogP contribution in [0.5, 0.6) is 0 Å². The van der Waals surface area contributed by atoms with Crippen molar-refractivity contribution in [1.82, 2.24) is 10.2 Å². The van der Waals surface area contributed by atoms with Crippen LogP contribution in [0, 0.1) is 5.92 Å². The van der Waals surface area contributed by atoms with Crippen molar-refractivity contribution in [2.75, 3.05) is 13.1 Å². The van der Waals surface area contributed by atoms with Crippen LogP contribution in [0.15, 0.2) is 6.07 Å². The molecule has 1 unspecified atom stereocenters. The normalized spacial score (nSPS) is 21.6. The van der Waals surface area contributed by atoms with Gasteiger partial charge < -0.3 is 10.2 Å². The summed E-state index contributed by atoms with van der Waals surface area (Å²) >= 11 is 13.6. The zero-order chi connectivity index (χ0) is 15.0. The van der Waals surface area contributed by atoms with E-state index in [1.54, 1.807) is 0 Å². The summed E-state index contributed by atoms with van der Waals surface area (Å²) in [6.45, 7) is 3.86. The minimum absolute atomic E-state index is 0.192. The largest absolute Gasteiger partial charge is 0.342 e. The Morgan fingerprint density at radius 1 is 1.33 bits per heavy atom. The van der Waals surface area contributed by atoms with Gasteiger partial charge in [-0.25, -0.2) is 0 Å². The van der Waals surface area contributed by atoms with E-state index in [1.165, 1.54) is 11.3 Å². The van der Waals surface area contributed by atoms with Crippen molar-refractivity contribution >= 4 is 40.4 Å². The van der Waals surface area contributed by atoms with Crippen molar-refractivity contribution in [1.29, 1.82) is 0 Å². The van der Waals surface area contributed by atoms with Crippen LogP contribution in [0.25, 0.3) is 0 Å². The lowest BCUT2D eigenvalue weighted by Crippen LogP contribution is -2.45. The standard InChI is InChI=1S/C15H20Cl2N2OS/c1-9(12-8-13(16)21-14(12)17)18-11-4-6-19(7-5-11)15(20)10-2-3-10/h8-11,18H,2-7H2,1H3. The first kappa shape index (κ1) is 15.6. The number of nitrogens with one attached hydrogen (secondary N) is 1. The number of piperidine rings is 1. The molecule has 0 bridgehead atoms. The molecule has 1 aliphatic carbocycles. The van der Waals surface area contributed by atoms with Crippen LogP contribution < -0.4 is 5.32 Å². The van der Waals surface area contributed by atoms with Gasteiger partial charge in [-0.05, 0) is 44.2 Å². The Morgan fingerprint density at radius 3 is 2.52 bits per heavy atom. The molecule has 2 fully saturated rings. The first-order valence-electron chi connectivity index (χ1n) is 7.54. The van der Waals surface area contributed by atoms with E-state index in [1.807, 2.05) is 11.0 Å². The molecule has 1 aromatic rings. The summed E-state index contributed by atoms with van der Waals surface area (Å²) in [7, 11) is 0. The highest BCUT2D eigenvalue weighted by atomic mass is 35.5. The molecule has 2 heterocycles. The summed E-state index contributed by atoms with van der Waals surface area (Å²) < 4.78 is 1.50. The number of likely N-dealkylation sites (tertiary alicyclic amines) is 1. The molecule has 0 aromatic carbocycles. The predicted molar refractivity (Wildman–Crippen MR) is 88.2 cm³/mol. The molecule has 1 N–H and O–H groups in total. The Kier molecular flexibility index (Phi) is 4.79. The van der Waals surface area contributed by atoms with Gasteiger partial charge in [0, 0.05) is 31.1 Å². The molecule has 1 amide bonds. The zero-order valence-electron chi connectivity index (χ0n) is 12.1. The maximum Gasteiger partial charge on any atom is 0.225 e. The van der Waals surface area contributed by atoms with Crippen molar-refractivity contribution in [2.45, 2.75) is 44.7 Å². The number of hydrogen-bond acceptors (Lipinski definition) is 3. The number of amides is 1. The fourth-order valence-electron chi connectivity index (χ4n) is 2.95. The first-order chi connectivity index (χ1) is 10.0. The van der Waals surface area contributed by atoms with E-state index in [4.69, 9.17) is 23.2 Å². The lowest BCUT2D eigenvalue weighted by atomic mass is 10.0. The van der Waals surface area contributed by atoms with Gasteiger partial charge in [-0.15, -0.1) is 11.3 Å². The molecule has 0 radical (unpaired) electrons. The zero-order valence-corrected chi connectivity index (χ0v) is 14.4. The van der Waals surface area contributed by atoms with Crippen molar-refractivity contribution in [3.8, 4) is 0 Å². The quantitative estimate of drug-likeness (QED) is 0.889. The van der Waals surface area contributed by atoms with Crippen molar-refractivity contribution < 1.29 is 4.79 Å². The van der Waals surface area contributed by atoms with Gasteiger partial charge in [0.1, 0.15) is 0 Å². The van der Waals surface area contributed by atoms with Gasteiger partial charge in [-0.1, -0.05) is 23.2 Å². The molecule has 1 atom stereocenters. The molecule has 0 spiro atoms. The molecule has 1 aliphatic heterocycles. The van der Waals surface area contributed by atoms with E-state index in [2.05, 4.69) is 12.2 Å². The number of carbonyl (C=O) groups excluding carboxylic acids is 1. The van der Waals surface area contributed by atoms with Gasteiger partial charge in [-0.3, -0.25) is 4.79 Å². The molecular formula is C15H20Cl2N2OS. The average Bonchev–Trinajstić information content (AvgIpc) is 3.24. The molecule has 6 heteroatoms. The van der Waals surface area contributed by atoms with Gasteiger partial charge >= 0.3 is 0 Å². The Balaban J connectivity index is 1.50. The van der Waals surface area contributed by atoms with E-state index >= 15 is 0 Å². The Hall–Kier alpha value is -0.290. The van der Waals surface area contributed by atoms with Gasteiger partial charge in [0.25, 0.3) is 0 Å². The highest BCUT2D eigenvalue weighted by Crippen LogP contribution is 2.35. The summed E-state index contributed by atoms with van der Waals surface area (Å²) in [5, 5.41) is 3.62. The second-order valence-electron chi connectivity index (χ2n) is 6.04. The third kappa shape index (κ3) is 3.73. The first-order valence-corrected chi connectivity index (χ1v) is 9.11. The summed E-state index contributed by atoms with van der Waals surface area (Å²) in [5.41, 5.74) is 1.07. The molecule has 3 rings (SSSR count). The smallest absolute Gasteiger partial charge is 0.225 e. The highest BCUT2D eigenvalue weighted by Gasteiger charge is 2.35. The van der Waals surface area contributed by atoms with Crippen LogP contribution >= 0.6 is 34.5 Å². The Bertz CT molecular complexity index is 522. The topological polar surface area (TPSA) is 32.3 Å². The van der Waals surface area contributed by atoms with Crippen LogP contribution in [0.3, 0.4) is 0 Å². The molecule has 2 aliphatic rings. The van der Waals surface area contributed by atoms with Gasteiger partial charge in [-0.2, -0.15) is 0 Å². The maximum atomic E-state index is 12.0. The lowest BCUT2D eigenvalue weighted by Gasteiger charge is -2.34. The summed E-state index contributed by atoms with van der Waals surface area (Å²) in [6, 6.07) is 2.58. The lowest BCUT2D eigenvalue weighted by molar-refractivity contribution is -0.133. The van der Waals surface area contributed by atoms with Crippen LogP contribution in [0.1, 0.15) is 44.2 Å². The van der Waals surface area contributed by atoms with E-state index in [-0.39, 0.29) is 6.04 Å². The van der Waals surface area contributed by atoms with Gasteiger partial charge in [0.2, 0.25) is 5.91 Å². The van der Waals surface area contributed by atoms with E-state index < -0.39 is 0 Å². The van der Waals surface area contributed by atoms with Crippen molar-refractivity contribution in [3.05, 3.63) is 20.3 Å². The van der Waals surface area contributed by atoms with Crippen LogP contribution in [-0.4, -0.2) is 29.9 Å². The molecule has 1 saturated heterocycles. The van der Waals surface area contributed by atoms with Crippen LogP contribution in [0.2, 0.25) is 8.67 Å². The second kappa shape index (κ2) is 6.45. The Labute approximate surface area is 139 Å². The van der Waals surface area contributed by atoms with Gasteiger partial charge in [0.15, 0.2) is 0 Å². The third-order valence-electron chi connectivity index (χ3n) is 4.37. The van der Waals surface area contributed by atoms with Crippen molar-refractivity contribution in [2.24, 2.45) is 5.92 Å². The molecule has 1 aromatic heterocycles. The summed E-state index contributed by atoms with van der Waals surface area (Å²) in [6.07, 6.45) is 4.20. The number of rotatable bonds is 4. The second-order valence-corrected chi connectivity index (χ2v) is 8.33. The fourth-order valence-corrected chi connectivity index (χ4v) is 4.59. The van der Waals surface area contributed by atoms with Crippen LogP contribution in [-0.2, 0) is 4.79 Å². The molecule has 21 heavy (non-hydrogen) atoms. The number of thiophene rings is 1. The van der Waals surface area contributed by atoms with E-state index in [0.29, 0.717) is 17.9 Å². The monoisotopic (exact) mass is 346 g/mol. The maximum absolute atomic E-state index is 12.0. The predicted octanol–water partition coefficient (Wildman–Crippen LogP) is 4.11. The number of carbonyl (C=O) groups is 1. The highest BCUT2D eigenvalue weighted by molar-refractivity contribution is 7.20. The average molecular weight is 347 g/mol. The fraction of sp³-hybridized carbons (Fsp3) is 0.667. The Morgan fingerprint density at radius 2 is 2.00 bits per heavy atom. The number of nitrogens with zero attached hydrogens (tertiary/aromatic N) is 1. The number of hydrogen-bond donors (Lipinski definition) is 1. The van der Waals surface area contributed by atoms with Gasteiger partial charge in [0.05, 0.1) is 8.67 Å². The minimum Gasteiger partial charge on any atom is -0.342 e. The summed E-state index contributed by atoms with van der Waals surface area (Å²) in [5.74, 6) is 0.703. The van der Waals surface area contributed by atoms with Crippen LogP contribution in [0.4, 0.5) is 0 Å². The molecule has 116 valence electrons. The van der Waals surface area contributed by atoms with E-state index in [9.17, 15) is 4.79 Å². The SMILES string of the molecule is CC(NC1CCN(C(=O)C2CC2)CC1)c1cc(Cl)sc1Cl. The molecule has 3 nitrogen and oxygen atoms in total. The third-order valence-corrected chi connectivity index (χ3v) is 5.89. The van der Waals surface area contributed by atoms with E-state index in [0.717, 1.165) is 53.0 Å². The number of halogens is 2. The minimum atomic E-state index is 0.192. The molecular weight excluding hydrogens is 327 g/mol.